The van der Waals surface area contributed by atoms with Gasteiger partial charge in [-0.05, 0) is 25.0 Å². The fourth-order valence-corrected chi connectivity index (χ4v) is 3.25. The topological polar surface area (TPSA) is 75.2 Å². The number of rotatable bonds is 3. The molecule has 0 radical (unpaired) electrons. The molecule has 1 aliphatic heterocycles. The number of benzene rings is 1. The van der Waals surface area contributed by atoms with Gasteiger partial charge in [0.1, 0.15) is 5.51 Å². The molecular weight excluding hydrogens is 336 g/mol. The number of nitrogens with one attached hydrogen (secondary N) is 1. The number of anilines is 1. The van der Waals surface area contributed by atoms with Crippen LogP contribution in [0.2, 0.25) is 5.02 Å². The van der Waals surface area contributed by atoms with Gasteiger partial charge in [-0.25, -0.2) is 0 Å². The molecular formula is C15H15ClN4O2S. The van der Waals surface area contributed by atoms with Crippen molar-refractivity contribution < 1.29 is 9.59 Å². The number of carbonyl (C=O) groups is 2. The third-order valence-corrected chi connectivity index (χ3v) is 4.78. The second-order valence-corrected chi connectivity index (χ2v) is 6.52. The summed E-state index contributed by atoms with van der Waals surface area (Å²) in [4.78, 5) is 26.4. The third-order valence-electron chi connectivity index (χ3n) is 3.85. The first-order chi connectivity index (χ1) is 11.1. The lowest BCUT2D eigenvalue weighted by atomic mass is 9.95. The molecule has 2 amide bonds. The van der Waals surface area contributed by atoms with Gasteiger partial charge in [0.25, 0.3) is 5.91 Å². The van der Waals surface area contributed by atoms with Crippen LogP contribution in [-0.4, -0.2) is 40.0 Å². The summed E-state index contributed by atoms with van der Waals surface area (Å²) in [6.45, 7) is 1.08. The molecule has 2 aromatic rings. The van der Waals surface area contributed by atoms with E-state index in [1.807, 2.05) is 0 Å². The summed E-state index contributed by atoms with van der Waals surface area (Å²) in [7, 11) is 0. The number of likely N-dealkylation sites (tertiary alicyclic amines) is 1. The van der Waals surface area contributed by atoms with Crippen molar-refractivity contribution in [3.8, 4) is 0 Å². The Morgan fingerprint density at radius 1 is 1.26 bits per heavy atom. The van der Waals surface area contributed by atoms with Crippen molar-refractivity contribution >= 4 is 39.9 Å². The van der Waals surface area contributed by atoms with E-state index in [0.29, 0.717) is 41.6 Å². The molecule has 8 heteroatoms. The standard InChI is InChI=1S/C15H15ClN4O2S/c16-12-4-2-1-3-11(12)14(22)20-7-5-10(6-8-20)13(21)18-15-19-17-9-23-15/h1-4,9-10H,5-8H2,(H,18,19,21). The lowest BCUT2D eigenvalue weighted by Crippen LogP contribution is -2.41. The van der Waals surface area contributed by atoms with E-state index in [-0.39, 0.29) is 17.7 Å². The van der Waals surface area contributed by atoms with Crippen LogP contribution in [-0.2, 0) is 4.79 Å². The maximum atomic E-state index is 12.5. The predicted molar refractivity (Wildman–Crippen MR) is 88.6 cm³/mol. The maximum Gasteiger partial charge on any atom is 0.255 e. The summed E-state index contributed by atoms with van der Waals surface area (Å²) in [5.74, 6) is -0.264. The number of hydrogen-bond donors (Lipinski definition) is 1. The molecule has 0 unspecified atom stereocenters. The van der Waals surface area contributed by atoms with Crippen LogP contribution in [0.4, 0.5) is 5.13 Å². The van der Waals surface area contributed by atoms with Crippen molar-refractivity contribution in [2.24, 2.45) is 5.92 Å². The SMILES string of the molecule is O=C(Nc1nncs1)C1CCN(C(=O)c2ccccc2Cl)CC1. The zero-order chi connectivity index (χ0) is 16.2. The molecule has 0 saturated carbocycles. The molecule has 6 nitrogen and oxygen atoms in total. The van der Waals surface area contributed by atoms with Crippen molar-refractivity contribution in [1.82, 2.24) is 15.1 Å². The summed E-state index contributed by atoms with van der Waals surface area (Å²) in [6, 6.07) is 7.01. The predicted octanol–water partition coefficient (Wildman–Crippen LogP) is 2.68. The van der Waals surface area contributed by atoms with Crippen LogP contribution in [0.15, 0.2) is 29.8 Å². The van der Waals surface area contributed by atoms with Gasteiger partial charge in [-0.3, -0.25) is 9.59 Å². The highest BCUT2D eigenvalue weighted by Gasteiger charge is 2.28. The Morgan fingerprint density at radius 2 is 2.00 bits per heavy atom. The van der Waals surface area contributed by atoms with E-state index in [9.17, 15) is 9.59 Å². The smallest absolute Gasteiger partial charge is 0.255 e. The van der Waals surface area contributed by atoms with Crippen molar-refractivity contribution in [3.63, 3.8) is 0 Å². The first-order valence-corrected chi connectivity index (χ1v) is 8.52. The molecule has 23 heavy (non-hydrogen) atoms. The van der Waals surface area contributed by atoms with Crippen molar-refractivity contribution in [2.75, 3.05) is 18.4 Å². The minimum absolute atomic E-state index is 0.0633. The molecule has 1 fully saturated rings. The van der Waals surface area contributed by atoms with Gasteiger partial charge < -0.3 is 10.2 Å². The van der Waals surface area contributed by atoms with E-state index in [2.05, 4.69) is 15.5 Å². The number of amides is 2. The summed E-state index contributed by atoms with van der Waals surface area (Å²) in [5, 5.41) is 11.2. The van der Waals surface area contributed by atoms with Crippen LogP contribution >= 0.6 is 22.9 Å². The Morgan fingerprint density at radius 3 is 2.65 bits per heavy atom. The second-order valence-electron chi connectivity index (χ2n) is 5.28. The number of aromatic nitrogens is 2. The molecule has 0 spiro atoms. The van der Waals surface area contributed by atoms with E-state index in [0.717, 1.165) is 0 Å². The minimum Gasteiger partial charge on any atom is -0.339 e. The lowest BCUT2D eigenvalue weighted by Gasteiger charge is -2.31. The fraction of sp³-hybridized carbons (Fsp3) is 0.333. The summed E-state index contributed by atoms with van der Waals surface area (Å²) < 4.78 is 0. The van der Waals surface area contributed by atoms with Gasteiger partial charge in [0.2, 0.25) is 11.0 Å². The average Bonchev–Trinajstić information content (AvgIpc) is 3.08. The summed E-state index contributed by atoms with van der Waals surface area (Å²) >= 11 is 7.36. The number of hydrogen-bond acceptors (Lipinski definition) is 5. The summed E-state index contributed by atoms with van der Waals surface area (Å²) in [5.41, 5.74) is 2.08. The highest BCUT2D eigenvalue weighted by Crippen LogP contribution is 2.23. The first kappa shape index (κ1) is 15.9. The van der Waals surface area contributed by atoms with E-state index in [1.165, 1.54) is 11.3 Å². The molecule has 120 valence electrons. The second kappa shape index (κ2) is 7.06. The number of nitrogens with zero attached hydrogens (tertiary/aromatic N) is 3. The Balaban J connectivity index is 1.57. The zero-order valence-electron chi connectivity index (χ0n) is 12.2. The lowest BCUT2D eigenvalue weighted by molar-refractivity contribution is -0.121. The van der Waals surface area contributed by atoms with Crippen molar-refractivity contribution in [2.45, 2.75) is 12.8 Å². The van der Waals surface area contributed by atoms with Gasteiger partial charge in [0.15, 0.2) is 0 Å². The van der Waals surface area contributed by atoms with Gasteiger partial charge >= 0.3 is 0 Å². The van der Waals surface area contributed by atoms with Gasteiger partial charge in [-0.15, -0.1) is 10.2 Å². The molecule has 0 atom stereocenters. The van der Waals surface area contributed by atoms with Gasteiger partial charge in [0, 0.05) is 19.0 Å². The first-order valence-electron chi connectivity index (χ1n) is 7.26. The third kappa shape index (κ3) is 3.68. The molecule has 2 heterocycles. The Bertz CT molecular complexity index is 699. The van der Waals surface area contributed by atoms with Crippen LogP contribution in [0.25, 0.3) is 0 Å². The molecule has 0 bridgehead atoms. The Labute approximate surface area is 142 Å². The van der Waals surface area contributed by atoms with Crippen LogP contribution < -0.4 is 5.32 Å². The Hall–Kier alpha value is -1.99. The monoisotopic (exact) mass is 350 g/mol. The highest BCUT2D eigenvalue weighted by molar-refractivity contribution is 7.13. The highest BCUT2D eigenvalue weighted by atomic mass is 35.5. The maximum absolute atomic E-state index is 12.5. The average molecular weight is 351 g/mol. The van der Waals surface area contributed by atoms with E-state index >= 15 is 0 Å². The Kier molecular flexibility index (Phi) is 4.88. The normalized spacial score (nSPS) is 15.4. The van der Waals surface area contributed by atoms with Crippen LogP contribution in [0.5, 0.6) is 0 Å². The largest absolute Gasteiger partial charge is 0.339 e. The quantitative estimate of drug-likeness (QED) is 0.923. The number of piperidine rings is 1. The van der Waals surface area contributed by atoms with Crippen molar-refractivity contribution in [3.05, 3.63) is 40.4 Å². The van der Waals surface area contributed by atoms with Gasteiger partial charge in [0.05, 0.1) is 10.6 Å². The number of halogens is 1. The molecule has 1 N–H and O–H groups in total. The van der Waals surface area contributed by atoms with Gasteiger partial charge in [-0.1, -0.05) is 35.1 Å². The number of carbonyl (C=O) groups excluding carboxylic acids is 2. The van der Waals surface area contributed by atoms with E-state index in [4.69, 9.17) is 11.6 Å². The van der Waals surface area contributed by atoms with Crippen molar-refractivity contribution in [1.29, 1.82) is 0 Å². The zero-order valence-corrected chi connectivity index (χ0v) is 13.8. The van der Waals surface area contributed by atoms with Gasteiger partial charge in [-0.2, -0.15) is 0 Å². The van der Waals surface area contributed by atoms with Crippen LogP contribution in [0, 0.1) is 5.92 Å². The molecule has 1 aromatic heterocycles. The molecule has 3 rings (SSSR count). The fourth-order valence-electron chi connectivity index (χ4n) is 2.58. The molecule has 0 aliphatic carbocycles. The summed E-state index contributed by atoms with van der Waals surface area (Å²) in [6.07, 6.45) is 1.25. The van der Waals surface area contributed by atoms with E-state index < -0.39 is 0 Å². The molecule has 1 saturated heterocycles. The van der Waals surface area contributed by atoms with E-state index in [1.54, 1.807) is 34.7 Å². The molecule has 1 aliphatic rings. The molecule has 1 aromatic carbocycles. The van der Waals surface area contributed by atoms with Crippen LogP contribution in [0.1, 0.15) is 23.2 Å². The minimum atomic E-state index is -0.116. The van der Waals surface area contributed by atoms with Crippen LogP contribution in [0.3, 0.4) is 0 Å².